The molecule has 0 fully saturated rings. The van der Waals surface area contributed by atoms with Crippen LogP contribution in [0.4, 0.5) is 5.69 Å². The van der Waals surface area contributed by atoms with Crippen LogP contribution in [0.25, 0.3) is 0 Å². The van der Waals surface area contributed by atoms with Crippen LogP contribution >= 0.6 is 0 Å². The van der Waals surface area contributed by atoms with Gasteiger partial charge >= 0.3 is 0 Å². The van der Waals surface area contributed by atoms with Crippen LogP contribution in [-0.2, 0) is 9.59 Å². The highest BCUT2D eigenvalue weighted by Crippen LogP contribution is 2.23. The van der Waals surface area contributed by atoms with Crippen molar-refractivity contribution < 1.29 is 9.59 Å². The Morgan fingerprint density at radius 1 is 1.44 bits per heavy atom. The summed E-state index contributed by atoms with van der Waals surface area (Å²) in [6.45, 7) is 1.35. The van der Waals surface area contributed by atoms with Crippen molar-refractivity contribution >= 4 is 17.5 Å². The van der Waals surface area contributed by atoms with Crippen LogP contribution in [0.3, 0.4) is 0 Å². The normalized spacial score (nSPS) is 11.2. The number of nitrogens with two attached hydrogens (primary N) is 1. The van der Waals surface area contributed by atoms with Gasteiger partial charge in [-0.1, -0.05) is 18.2 Å². The summed E-state index contributed by atoms with van der Waals surface area (Å²) in [5, 5.41) is 11.4. The Bertz CT molecular complexity index is 463. The van der Waals surface area contributed by atoms with E-state index in [9.17, 15) is 9.59 Å². The molecule has 0 bridgehead atoms. The number of hydrogen-bond donors (Lipinski definition) is 2. The van der Waals surface area contributed by atoms with E-state index in [-0.39, 0.29) is 5.91 Å². The Labute approximate surface area is 92.9 Å². The third-order valence-corrected chi connectivity index (χ3v) is 2.00. The van der Waals surface area contributed by atoms with Crippen LogP contribution < -0.4 is 11.1 Å². The minimum absolute atomic E-state index is 0.270. The number of amides is 2. The number of carbonyl (C=O) groups is 2. The van der Waals surface area contributed by atoms with E-state index in [1.54, 1.807) is 30.3 Å². The lowest BCUT2D eigenvalue weighted by molar-refractivity contribution is -0.118. The predicted octanol–water partition coefficient (Wildman–Crippen LogP) is 0.737. The lowest BCUT2D eigenvalue weighted by atomic mass is 9.98. The molecule has 2 amide bonds. The van der Waals surface area contributed by atoms with E-state index >= 15 is 0 Å². The highest BCUT2D eigenvalue weighted by molar-refractivity contribution is 5.93. The molecule has 1 atom stereocenters. The quantitative estimate of drug-likeness (QED) is 0.781. The van der Waals surface area contributed by atoms with Crippen molar-refractivity contribution in [2.24, 2.45) is 5.73 Å². The summed E-state index contributed by atoms with van der Waals surface area (Å²) in [5.74, 6) is -2.06. The number of primary amides is 1. The van der Waals surface area contributed by atoms with E-state index < -0.39 is 11.8 Å². The number of benzene rings is 1. The molecule has 3 N–H and O–H groups in total. The average Bonchev–Trinajstić information content (AvgIpc) is 2.20. The van der Waals surface area contributed by atoms with Gasteiger partial charge in [-0.3, -0.25) is 9.59 Å². The number of para-hydroxylation sites is 1. The first-order valence-corrected chi connectivity index (χ1v) is 4.61. The summed E-state index contributed by atoms with van der Waals surface area (Å²) in [5.41, 5.74) is 5.95. The molecule has 0 spiro atoms. The molecule has 1 aromatic carbocycles. The van der Waals surface area contributed by atoms with Gasteiger partial charge < -0.3 is 11.1 Å². The molecule has 0 aromatic heterocycles. The molecule has 0 radical (unpaired) electrons. The molecule has 0 saturated heterocycles. The Morgan fingerprint density at radius 2 is 2.06 bits per heavy atom. The largest absolute Gasteiger partial charge is 0.368 e. The van der Waals surface area contributed by atoms with E-state index in [2.05, 4.69) is 5.32 Å². The monoisotopic (exact) mass is 217 g/mol. The van der Waals surface area contributed by atoms with Gasteiger partial charge in [-0.25, -0.2) is 0 Å². The van der Waals surface area contributed by atoms with Crippen LogP contribution in [0.15, 0.2) is 24.3 Å². The third kappa shape index (κ3) is 2.58. The van der Waals surface area contributed by atoms with Crippen molar-refractivity contribution in [3.63, 3.8) is 0 Å². The fraction of sp³-hybridized carbons (Fsp3) is 0.182. The summed E-state index contributed by atoms with van der Waals surface area (Å²) >= 11 is 0. The number of carbonyl (C=O) groups excluding carboxylic acids is 2. The van der Waals surface area contributed by atoms with Crippen molar-refractivity contribution in [3.8, 4) is 6.07 Å². The number of nitrogens with one attached hydrogen (secondary N) is 1. The standard InChI is InChI=1S/C11H11N3O2/c1-7(15)14-10-5-3-2-4-8(10)9(6-12)11(13)16/h2-5,9H,1H3,(H2,13,16)(H,14,15). The van der Waals surface area contributed by atoms with Crippen LogP contribution in [-0.4, -0.2) is 11.8 Å². The molecule has 5 nitrogen and oxygen atoms in total. The number of nitriles is 1. The molecule has 5 heteroatoms. The molecule has 0 aliphatic rings. The molecule has 1 rings (SSSR count). The SMILES string of the molecule is CC(=O)Nc1ccccc1C(C#N)C(N)=O. The van der Waals surface area contributed by atoms with E-state index in [0.29, 0.717) is 11.3 Å². The molecular weight excluding hydrogens is 206 g/mol. The zero-order valence-corrected chi connectivity index (χ0v) is 8.73. The van der Waals surface area contributed by atoms with Crippen LogP contribution in [0, 0.1) is 11.3 Å². The molecule has 0 aliphatic carbocycles. The summed E-state index contributed by atoms with van der Waals surface area (Å²) < 4.78 is 0. The van der Waals surface area contributed by atoms with Gasteiger partial charge in [0.25, 0.3) is 0 Å². The maximum absolute atomic E-state index is 11.1. The molecule has 0 aliphatic heterocycles. The van der Waals surface area contributed by atoms with Crippen LogP contribution in [0.5, 0.6) is 0 Å². The Morgan fingerprint density at radius 3 is 2.56 bits per heavy atom. The Balaban J connectivity index is 3.17. The summed E-state index contributed by atoms with van der Waals surface area (Å²) in [6.07, 6.45) is 0. The maximum Gasteiger partial charge on any atom is 0.239 e. The Hall–Kier alpha value is -2.35. The second kappa shape index (κ2) is 4.94. The molecule has 1 unspecified atom stereocenters. The van der Waals surface area contributed by atoms with Crippen LogP contribution in [0.2, 0.25) is 0 Å². The lowest BCUT2D eigenvalue weighted by Gasteiger charge is -2.11. The molecule has 82 valence electrons. The van der Waals surface area contributed by atoms with Crippen LogP contribution in [0.1, 0.15) is 18.4 Å². The van der Waals surface area contributed by atoms with E-state index in [4.69, 9.17) is 11.0 Å². The van der Waals surface area contributed by atoms with Gasteiger partial charge in [0, 0.05) is 18.2 Å². The lowest BCUT2D eigenvalue weighted by Crippen LogP contribution is -2.21. The highest BCUT2D eigenvalue weighted by Gasteiger charge is 2.20. The first-order chi connectivity index (χ1) is 7.56. The van der Waals surface area contributed by atoms with Gasteiger partial charge in [0.05, 0.1) is 6.07 Å². The topological polar surface area (TPSA) is 96.0 Å². The zero-order valence-electron chi connectivity index (χ0n) is 8.73. The minimum Gasteiger partial charge on any atom is -0.368 e. The summed E-state index contributed by atoms with van der Waals surface area (Å²) in [6, 6.07) is 8.38. The summed E-state index contributed by atoms with van der Waals surface area (Å²) in [4.78, 5) is 22.0. The average molecular weight is 217 g/mol. The maximum atomic E-state index is 11.1. The number of anilines is 1. The van der Waals surface area contributed by atoms with Gasteiger partial charge in [-0.05, 0) is 6.07 Å². The summed E-state index contributed by atoms with van der Waals surface area (Å²) in [7, 11) is 0. The second-order valence-corrected chi connectivity index (χ2v) is 3.23. The third-order valence-electron chi connectivity index (χ3n) is 2.00. The molecular formula is C11H11N3O2. The number of rotatable bonds is 3. The van der Waals surface area contributed by atoms with Crippen molar-refractivity contribution in [1.29, 1.82) is 5.26 Å². The van der Waals surface area contributed by atoms with Crippen molar-refractivity contribution in [2.75, 3.05) is 5.32 Å². The minimum atomic E-state index is -1.05. The smallest absolute Gasteiger partial charge is 0.239 e. The van der Waals surface area contributed by atoms with Crippen molar-refractivity contribution in [2.45, 2.75) is 12.8 Å². The van der Waals surface area contributed by atoms with Gasteiger partial charge in [0.2, 0.25) is 11.8 Å². The van der Waals surface area contributed by atoms with Gasteiger partial charge in [0.15, 0.2) is 5.92 Å². The van der Waals surface area contributed by atoms with Crippen molar-refractivity contribution in [3.05, 3.63) is 29.8 Å². The van der Waals surface area contributed by atoms with E-state index in [0.717, 1.165) is 0 Å². The van der Waals surface area contributed by atoms with Gasteiger partial charge in [-0.2, -0.15) is 5.26 Å². The molecule has 16 heavy (non-hydrogen) atoms. The van der Waals surface area contributed by atoms with Gasteiger partial charge in [0.1, 0.15) is 0 Å². The first-order valence-electron chi connectivity index (χ1n) is 4.61. The zero-order chi connectivity index (χ0) is 12.1. The second-order valence-electron chi connectivity index (χ2n) is 3.23. The molecule has 1 aromatic rings. The van der Waals surface area contributed by atoms with E-state index in [1.807, 2.05) is 0 Å². The predicted molar refractivity (Wildman–Crippen MR) is 58.3 cm³/mol. The first kappa shape index (κ1) is 11.7. The number of hydrogen-bond acceptors (Lipinski definition) is 3. The highest BCUT2D eigenvalue weighted by atomic mass is 16.1. The van der Waals surface area contributed by atoms with Gasteiger partial charge in [-0.15, -0.1) is 0 Å². The number of nitrogens with zero attached hydrogens (tertiary/aromatic N) is 1. The van der Waals surface area contributed by atoms with Crippen molar-refractivity contribution in [1.82, 2.24) is 0 Å². The fourth-order valence-electron chi connectivity index (χ4n) is 1.34. The Kier molecular flexibility index (Phi) is 3.62. The van der Waals surface area contributed by atoms with E-state index in [1.165, 1.54) is 6.92 Å². The fourth-order valence-corrected chi connectivity index (χ4v) is 1.34. The molecule has 0 saturated carbocycles. The molecule has 0 heterocycles.